The lowest BCUT2D eigenvalue weighted by Crippen LogP contribution is -2.61. The van der Waals surface area contributed by atoms with Crippen LogP contribution in [-0.2, 0) is 5.41 Å². The zero-order valence-corrected chi connectivity index (χ0v) is 12.3. The number of halogens is 1. The summed E-state index contributed by atoms with van der Waals surface area (Å²) in [5.74, 6) is 1.81. The van der Waals surface area contributed by atoms with E-state index < -0.39 is 0 Å². The molecule has 0 aliphatic heterocycles. The van der Waals surface area contributed by atoms with E-state index >= 15 is 0 Å². The second-order valence-corrected chi connectivity index (χ2v) is 8.56. The van der Waals surface area contributed by atoms with E-state index in [0.29, 0.717) is 5.41 Å². The van der Waals surface area contributed by atoms with Gasteiger partial charge in [-0.2, -0.15) is 0 Å². The fourth-order valence-corrected chi connectivity index (χ4v) is 6.87. The number of nitrogens with two attached hydrogens (primary N) is 1. The summed E-state index contributed by atoms with van der Waals surface area (Å²) < 4.78 is 1.25. The van der Waals surface area contributed by atoms with E-state index in [2.05, 4.69) is 27.4 Å². The van der Waals surface area contributed by atoms with Crippen LogP contribution >= 0.6 is 27.3 Å². The second-order valence-electron chi connectivity index (χ2n) is 6.73. The molecule has 1 heterocycles. The molecule has 5 rings (SSSR count). The van der Waals surface area contributed by atoms with Gasteiger partial charge in [0.15, 0.2) is 0 Å². The largest absolute Gasteiger partial charge is 0.325 e. The summed E-state index contributed by atoms with van der Waals surface area (Å²) >= 11 is 5.54. The molecule has 0 radical (unpaired) electrons. The van der Waals surface area contributed by atoms with Crippen LogP contribution in [0.1, 0.15) is 43.4 Å². The Morgan fingerprint density at radius 3 is 2.47 bits per heavy atom. The normalized spacial score (nSPS) is 47.6. The molecule has 4 aliphatic carbocycles. The van der Waals surface area contributed by atoms with Gasteiger partial charge in [-0.25, -0.2) is 0 Å². The average Bonchev–Trinajstić information content (AvgIpc) is 2.61. The molecule has 0 amide bonds. The lowest BCUT2D eigenvalue weighted by Gasteiger charge is -2.60. The van der Waals surface area contributed by atoms with Crippen LogP contribution in [0.25, 0.3) is 0 Å². The number of thiophene rings is 1. The third-order valence-electron chi connectivity index (χ3n) is 5.20. The Kier molecular flexibility index (Phi) is 2.18. The van der Waals surface area contributed by atoms with Gasteiger partial charge >= 0.3 is 0 Å². The summed E-state index contributed by atoms with van der Waals surface area (Å²) in [5.41, 5.74) is 7.25. The Balaban J connectivity index is 1.79. The van der Waals surface area contributed by atoms with Crippen LogP contribution in [0, 0.1) is 11.8 Å². The van der Waals surface area contributed by atoms with Crippen molar-refractivity contribution in [3.8, 4) is 0 Å². The summed E-state index contributed by atoms with van der Waals surface area (Å²) in [6.07, 6.45) is 8.06. The van der Waals surface area contributed by atoms with E-state index in [4.69, 9.17) is 5.73 Å². The minimum absolute atomic E-state index is 0.167. The van der Waals surface area contributed by atoms with E-state index in [1.165, 1.54) is 43.0 Å². The van der Waals surface area contributed by atoms with Crippen molar-refractivity contribution in [3.05, 3.63) is 20.8 Å². The molecule has 4 saturated carbocycles. The summed E-state index contributed by atoms with van der Waals surface area (Å²) in [7, 11) is 0. The molecule has 1 aromatic heterocycles. The smallest absolute Gasteiger partial charge is 0.0285 e. The predicted molar refractivity (Wildman–Crippen MR) is 75.3 cm³/mol. The van der Waals surface area contributed by atoms with Gasteiger partial charge in [0.05, 0.1) is 0 Å². The molecule has 4 fully saturated rings. The highest BCUT2D eigenvalue weighted by molar-refractivity contribution is 9.10. The maximum atomic E-state index is 6.64. The summed E-state index contributed by atoms with van der Waals surface area (Å²) in [6, 6.07) is 2.35. The molecule has 4 bridgehead atoms. The third kappa shape index (κ3) is 1.58. The van der Waals surface area contributed by atoms with Crippen LogP contribution in [0.2, 0.25) is 0 Å². The fourth-order valence-electron chi connectivity index (χ4n) is 5.21. The van der Waals surface area contributed by atoms with Crippen molar-refractivity contribution in [2.45, 2.75) is 49.5 Å². The van der Waals surface area contributed by atoms with E-state index in [1.807, 2.05) is 11.3 Å². The first kappa shape index (κ1) is 11.0. The van der Waals surface area contributed by atoms with Crippen molar-refractivity contribution >= 4 is 27.3 Å². The standard InChI is InChI=1S/C14H18BrNS/c15-11-2-12(17-7-11)13-3-9-1-10(4-13)6-14(16,5-9)8-13/h2,7,9-10H,1,3-6,8,16H2. The maximum Gasteiger partial charge on any atom is 0.0285 e. The number of hydrogen-bond acceptors (Lipinski definition) is 2. The van der Waals surface area contributed by atoms with Crippen molar-refractivity contribution in [1.29, 1.82) is 0 Å². The fraction of sp³-hybridized carbons (Fsp3) is 0.714. The Morgan fingerprint density at radius 2 is 1.94 bits per heavy atom. The molecule has 2 N–H and O–H groups in total. The average molecular weight is 312 g/mol. The summed E-state index contributed by atoms with van der Waals surface area (Å²) in [4.78, 5) is 1.59. The zero-order chi connectivity index (χ0) is 11.7. The molecule has 1 nitrogen and oxygen atoms in total. The highest BCUT2D eigenvalue weighted by atomic mass is 79.9. The molecule has 0 saturated heterocycles. The van der Waals surface area contributed by atoms with Gasteiger partial charge in [0.25, 0.3) is 0 Å². The minimum Gasteiger partial charge on any atom is -0.325 e. The Morgan fingerprint density at radius 1 is 1.24 bits per heavy atom. The third-order valence-corrected chi connectivity index (χ3v) is 7.13. The topological polar surface area (TPSA) is 26.0 Å². The first-order valence-corrected chi connectivity index (χ1v) is 8.28. The molecular formula is C14H18BrNS. The van der Waals surface area contributed by atoms with Crippen molar-refractivity contribution in [3.63, 3.8) is 0 Å². The highest BCUT2D eigenvalue weighted by Gasteiger charge is 2.57. The van der Waals surface area contributed by atoms with Crippen molar-refractivity contribution in [2.24, 2.45) is 17.6 Å². The van der Waals surface area contributed by atoms with Crippen molar-refractivity contribution < 1.29 is 0 Å². The molecular weight excluding hydrogens is 294 g/mol. The zero-order valence-electron chi connectivity index (χ0n) is 9.92. The van der Waals surface area contributed by atoms with E-state index in [0.717, 1.165) is 11.8 Å². The Bertz CT molecular complexity index is 453. The predicted octanol–water partition coefficient (Wildman–Crippen LogP) is 4.06. The van der Waals surface area contributed by atoms with Gasteiger partial charge < -0.3 is 5.73 Å². The Hall–Kier alpha value is 0.140. The van der Waals surface area contributed by atoms with Crippen LogP contribution in [0.3, 0.4) is 0 Å². The van der Waals surface area contributed by atoms with Gasteiger partial charge in [-0.3, -0.25) is 0 Å². The van der Waals surface area contributed by atoms with Crippen molar-refractivity contribution in [2.75, 3.05) is 0 Å². The highest BCUT2D eigenvalue weighted by Crippen LogP contribution is 2.62. The second kappa shape index (κ2) is 3.37. The molecule has 4 aliphatic rings. The monoisotopic (exact) mass is 311 g/mol. The molecule has 2 atom stereocenters. The van der Waals surface area contributed by atoms with Gasteiger partial charge in [0.2, 0.25) is 0 Å². The van der Waals surface area contributed by atoms with Crippen LogP contribution < -0.4 is 5.73 Å². The lowest BCUT2D eigenvalue weighted by atomic mass is 9.47. The first-order valence-electron chi connectivity index (χ1n) is 6.60. The molecule has 0 aromatic carbocycles. The molecule has 3 heteroatoms. The van der Waals surface area contributed by atoms with Crippen molar-refractivity contribution in [1.82, 2.24) is 0 Å². The van der Waals surface area contributed by atoms with Gasteiger partial charge in [0, 0.05) is 25.7 Å². The van der Waals surface area contributed by atoms with Crippen LogP contribution in [-0.4, -0.2) is 5.54 Å². The van der Waals surface area contributed by atoms with Crippen LogP contribution in [0.4, 0.5) is 0 Å². The quantitative estimate of drug-likeness (QED) is 0.831. The molecule has 1 aromatic rings. The van der Waals surface area contributed by atoms with E-state index in [9.17, 15) is 0 Å². The van der Waals surface area contributed by atoms with Gasteiger partial charge in [-0.15, -0.1) is 11.3 Å². The summed E-state index contributed by atoms with van der Waals surface area (Å²) in [6.45, 7) is 0. The molecule has 2 unspecified atom stereocenters. The number of rotatable bonds is 1. The van der Waals surface area contributed by atoms with Crippen LogP contribution in [0.15, 0.2) is 15.9 Å². The van der Waals surface area contributed by atoms with E-state index in [1.54, 1.807) is 4.88 Å². The SMILES string of the molecule is NC12CC3CC(C1)CC(c1cc(Br)cs1)(C3)C2. The first-order chi connectivity index (χ1) is 8.07. The molecule has 92 valence electrons. The van der Waals surface area contributed by atoms with Crippen LogP contribution in [0.5, 0.6) is 0 Å². The minimum atomic E-state index is 0.167. The lowest BCUT2D eigenvalue weighted by molar-refractivity contribution is -0.0211. The molecule has 17 heavy (non-hydrogen) atoms. The Labute approximate surface area is 115 Å². The van der Waals surface area contributed by atoms with Gasteiger partial charge in [-0.1, -0.05) is 0 Å². The van der Waals surface area contributed by atoms with E-state index in [-0.39, 0.29) is 5.54 Å². The number of hydrogen-bond donors (Lipinski definition) is 1. The van der Waals surface area contributed by atoms with Gasteiger partial charge in [-0.05, 0) is 72.4 Å². The maximum absolute atomic E-state index is 6.64. The summed E-state index contributed by atoms with van der Waals surface area (Å²) in [5, 5.41) is 2.23. The van der Waals surface area contributed by atoms with Gasteiger partial charge in [0.1, 0.15) is 0 Å². The molecule has 0 spiro atoms.